The molecule has 1 saturated heterocycles. The monoisotopic (exact) mass is 378 g/mol. The first-order chi connectivity index (χ1) is 9.30. The van der Waals surface area contributed by atoms with Gasteiger partial charge < -0.3 is 10.6 Å². The molecule has 20 heavy (non-hydrogen) atoms. The van der Waals surface area contributed by atoms with E-state index in [0.717, 1.165) is 28.0 Å². The first-order valence-electron chi connectivity index (χ1n) is 6.39. The van der Waals surface area contributed by atoms with E-state index in [9.17, 15) is 8.42 Å². The Labute approximate surface area is 133 Å². The van der Waals surface area contributed by atoms with Gasteiger partial charge in [0.1, 0.15) is 5.37 Å². The van der Waals surface area contributed by atoms with Gasteiger partial charge in [-0.15, -0.1) is 0 Å². The van der Waals surface area contributed by atoms with Crippen LogP contribution in [0.5, 0.6) is 0 Å². The number of nitrogens with two attached hydrogens (primary N) is 1. The molecule has 2 rings (SSSR count). The fraction of sp³-hybridized carbons (Fsp3) is 0.538. The van der Waals surface area contributed by atoms with E-state index in [1.165, 1.54) is 6.26 Å². The summed E-state index contributed by atoms with van der Waals surface area (Å²) in [5.74, 6) is 1.55. The molecule has 1 aromatic rings. The molecule has 2 N–H and O–H groups in total. The Morgan fingerprint density at radius 3 is 2.75 bits per heavy atom. The lowest BCUT2D eigenvalue weighted by atomic mass is 10.1. The van der Waals surface area contributed by atoms with Crippen molar-refractivity contribution in [3.63, 3.8) is 0 Å². The van der Waals surface area contributed by atoms with Gasteiger partial charge in [0.25, 0.3) is 0 Å². The van der Waals surface area contributed by atoms with Gasteiger partial charge >= 0.3 is 0 Å². The van der Waals surface area contributed by atoms with Gasteiger partial charge in [-0.05, 0) is 40.5 Å². The predicted molar refractivity (Wildman–Crippen MR) is 90.0 cm³/mol. The molecule has 0 aromatic heterocycles. The van der Waals surface area contributed by atoms with Crippen LogP contribution in [0.2, 0.25) is 0 Å². The average molecular weight is 379 g/mol. The summed E-state index contributed by atoms with van der Waals surface area (Å²) in [6.07, 6.45) is 1.31. The summed E-state index contributed by atoms with van der Waals surface area (Å²) in [7, 11) is -3.11. The van der Waals surface area contributed by atoms with Crippen LogP contribution in [0.4, 0.5) is 5.69 Å². The molecule has 1 heterocycles. The fourth-order valence-corrected chi connectivity index (χ4v) is 5.71. The first-order valence-corrected chi connectivity index (χ1v) is 10.3. The molecule has 0 saturated carbocycles. The Balaban J connectivity index is 2.38. The minimum Gasteiger partial charge on any atom is -0.353 e. The molecule has 112 valence electrons. The molecule has 1 unspecified atom stereocenters. The molecule has 0 aliphatic carbocycles. The largest absolute Gasteiger partial charge is 0.353 e. The van der Waals surface area contributed by atoms with Crippen molar-refractivity contribution >= 4 is 43.2 Å². The van der Waals surface area contributed by atoms with Crippen LogP contribution in [-0.4, -0.2) is 38.1 Å². The average Bonchev–Trinajstić information content (AvgIpc) is 2.37. The van der Waals surface area contributed by atoms with Crippen LogP contribution >= 0.6 is 27.7 Å². The van der Waals surface area contributed by atoms with Crippen LogP contribution in [0.25, 0.3) is 0 Å². The summed E-state index contributed by atoms with van der Waals surface area (Å²) >= 11 is 5.23. The van der Waals surface area contributed by atoms with Crippen molar-refractivity contribution in [2.45, 2.75) is 18.3 Å². The number of halogens is 1. The summed E-state index contributed by atoms with van der Waals surface area (Å²) in [5, 5.41) is -0.460. The predicted octanol–water partition coefficient (Wildman–Crippen LogP) is 2.39. The third kappa shape index (κ3) is 3.50. The summed E-state index contributed by atoms with van der Waals surface area (Å²) in [5.41, 5.74) is 7.83. The Morgan fingerprint density at radius 2 is 2.20 bits per heavy atom. The Bertz CT molecular complexity index is 590. The highest BCUT2D eigenvalue weighted by molar-refractivity contribution is 9.10. The molecule has 2 atom stereocenters. The number of anilines is 1. The number of benzene rings is 1. The lowest BCUT2D eigenvalue weighted by Crippen LogP contribution is -2.47. The second-order valence-corrected chi connectivity index (χ2v) is 9.26. The number of rotatable bonds is 3. The van der Waals surface area contributed by atoms with Gasteiger partial charge in [0.05, 0.1) is 5.69 Å². The van der Waals surface area contributed by atoms with E-state index in [0.29, 0.717) is 5.75 Å². The number of sulfone groups is 1. The molecule has 1 aromatic carbocycles. The van der Waals surface area contributed by atoms with Crippen LogP contribution in [0, 0.1) is 0 Å². The van der Waals surface area contributed by atoms with Gasteiger partial charge in [-0.1, -0.05) is 6.07 Å². The summed E-state index contributed by atoms with van der Waals surface area (Å²) in [6, 6.07) is 5.85. The van der Waals surface area contributed by atoms with Crippen molar-refractivity contribution in [2.75, 3.05) is 29.2 Å². The molecule has 0 spiro atoms. The zero-order valence-electron chi connectivity index (χ0n) is 11.5. The smallest absolute Gasteiger partial charge is 0.169 e. The van der Waals surface area contributed by atoms with E-state index < -0.39 is 15.2 Å². The second-order valence-electron chi connectivity index (χ2n) is 5.05. The third-order valence-electron chi connectivity index (χ3n) is 3.39. The van der Waals surface area contributed by atoms with Crippen molar-refractivity contribution in [3.8, 4) is 0 Å². The van der Waals surface area contributed by atoms with Crippen LogP contribution < -0.4 is 10.6 Å². The van der Waals surface area contributed by atoms with E-state index in [1.54, 1.807) is 11.8 Å². The lowest BCUT2D eigenvalue weighted by molar-refractivity contribution is 0.584. The number of hydrogen-bond acceptors (Lipinski definition) is 5. The lowest BCUT2D eigenvalue weighted by Gasteiger charge is -2.36. The molecule has 4 nitrogen and oxygen atoms in total. The fourth-order valence-electron chi connectivity index (χ4n) is 2.25. The van der Waals surface area contributed by atoms with Gasteiger partial charge in [-0.25, -0.2) is 8.42 Å². The van der Waals surface area contributed by atoms with Gasteiger partial charge in [0.2, 0.25) is 0 Å². The maximum absolute atomic E-state index is 12.0. The van der Waals surface area contributed by atoms with Crippen LogP contribution in [0.1, 0.15) is 18.5 Å². The summed E-state index contributed by atoms with van der Waals surface area (Å²) in [6.45, 7) is 2.66. The SMILES string of the molecule is C[C@H](N)c1ccc(N2CCSCC2S(C)(=O)=O)c(Br)c1. The number of nitrogens with zero attached hydrogens (tertiary/aromatic N) is 1. The summed E-state index contributed by atoms with van der Waals surface area (Å²) in [4.78, 5) is 1.97. The normalized spacial score (nSPS) is 21.8. The Hall–Kier alpha value is -0.240. The molecule has 1 aliphatic rings. The van der Waals surface area contributed by atoms with Crippen molar-refractivity contribution < 1.29 is 8.42 Å². The van der Waals surface area contributed by atoms with Crippen LogP contribution in [0.15, 0.2) is 22.7 Å². The Kier molecular flexibility index (Phi) is 5.05. The van der Waals surface area contributed by atoms with E-state index in [1.807, 2.05) is 30.0 Å². The molecule has 0 radical (unpaired) electrons. The highest BCUT2D eigenvalue weighted by atomic mass is 79.9. The van der Waals surface area contributed by atoms with Gasteiger partial charge in [-0.2, -0.15) is 11.8 Å². The van der Waals surface area contributed by atoms with E-state index >= 15 is 0 Å². The highest BCUT2D eigenvalue weighted by Crippen LogP contribution is 2.34. The quantitative estimate of drug-likeness (QED) is 0.874. The topological polar surface area (TPSA) is 63.4 Å². The minimum atomic E-state index is -3.11. The first kappa shape index (κ1) is 16.1. The molecule has 1 fully saturated rings. The van der Waals surface area contributed by atoms with Crippen molar-refractivity contribution in [1.82, 2.24) is 0 Å². The zero-order chi connectivity index (χ0) is 14.9. The van der Waals surface area contributed by atoms with E-state index in [4.69, 9.17) is 5.73 Å². The number of thioether (sulfide) groups is 1. The second kappa shape index (κ2) is 6.25. The summed E-state index contributed by atoms with van der Waals surface area (Å²) < 4.78 is 24.8. The standard InChI is InChI=1S/C13H19BrN2O2S2/c1-9(15)10-3-4-12(11(14)7-10)16-5-6-19-8-13(16)20(2,17)18/h3-4,7,9,13H,5-6,8,15H2,1-2H3/t9-,13?/m0/s1. The molecule has 0 bridgehead atoms. The van der Waals surface area contributed by atoms with Crippen LogP contribution in [0.3, 0.4) is 0 Å². The van der Waals surface area contributed by atoms with Crippen molar-refractivity contribution in [1.29, 1.82) is 0 Å². The van der Waals surface area contributed by atoms with Gasteiger partial charge in [0.15, 0.2) is 9.84 Å². The molecular weight excluding hydrogens is 360 g/mol. The molecule has 1 aliphatic heterocycles. The zero-order valence-corrected chi connectivity index (χ0v) is 14.8. The molecule has 0 amide bonds. The third-order valence-corrected chi connectivity index (χ3v) is 6.66. The highest BCUT2D eigenvalue weighted by Gasteiger charge is 2.32. The minimum absolute atomic E-state index is 0.0389. The van der Waals surface area contributed by atoms with E-state index in [2.05, 4.69) is 15.9 Å². The van der Waals surface area contributed by atoms with Crippen LogP contribution in [-0.2, 0) is 9.84 Å². The Morgan fingerprint density at radius 1 is 1.50 bits per heavy atom. The maximum Gasteiger partial charge on any atom is 0.169 e. The van der Waals surface area contributed by atoms with Crippen molar-refractivity contribution in [2.24, 2.45) is 5.73 Å². The van der Waals surface area contributed by atoms with Gasteiger partial charge in [0, 0.05) is 34.8 Å². The van der Waals surface area contributed by atoms with Gasteiger partial charge in [-0.3, -0.25) is 0 Å². The molecular formula is C13H19BrN2O2S2. The molecule has 7 heteroatoms. The maximum atomic E-state index is 12.0. The number of hydrogen-bond donors (Lipinski definition) is 1. The van der Waals surface area contributed by atoms with E-state index in [-0.39, 0.29) is 6.04 Å². The van der Waals surface area contributed by atoms with Crippen molar-refractivity contribution in [3.05, 3.63) is 28.2 Å².